The van der Waals surface area contributed by atoms with Crippen LogP contribution in [-0.2, 0) is 6.54 Å². The van der Waals surface area contributed by atoms with Crippen LogP contribution in [0.5, 0.6) is 0 Å². The molecule has 1 aromatic rings. The zero-order valence-corrected chi connectivity index (χ0v) is 8.45. The second-order valence-corrected chi connectivity index (χ2v) is 4.00. The lowest BCUT2D eigenvalue weighted by Crippen LogP contribution is -2.52. The van der Waals surface area contributed by atoms with Crippen molar-refractivity contribution >= 4 is 0 Å². The fraction of sp³-hybridized carbons (Fsp3) is 0.700. The van der Waals surface area contributed by atoms with E-state index in [2.05, 4.69) is 23.7 Å². The maximum atomic E-state index is 5.16. The zero-order chi connectivity index (χ0) is 9.42. The molecule has 3 heteroatoms. The van der Waals surface area contributed by atoms with Crippen LogP contribution >= 0.6 is 0 Å². The summed E-state index contributed by atoms with van der Waals surface area (Å²) in [7, 11) is 0. The number of rotatable bonds is 2. The number of hydrogen-bond acceptors (Lipinski definition) is 3. The Morgan fingerprint density at radius 3 is 2.85 bits per heavy atom. The number of aromatic nitrogens is 1. The van der Waals surface area contributed by atoms with E-state index in [1.807, 2.05) is 6.92 Å². The van der Waals surface area contributed by atoms with Crippen LogP contribution in [0, 0.1) is 12.8 Å². The first-order valence-corrected chi connectivity index (χ1v) is 4.81. The van der Waals surface area contributed by atoms with Crippen molar-refractivity contribution in [3.8, 4) is 0 Å². The molecule has 0 amide bonds. The molecular formula is C10H16N2O. The molecule has 0 saturated carbocycles. The van der Waals surface area contributed by atoms with E-state index in [9.17, 15) is 0 Å². The maximum Gasteiger partial charge on any atom is 0.181 e. The van der Waals surface area contributed by atoms with Gasteiger partial charge in [-0.15, -0.1) is 0 Å². The van der Waals surface area contributed by atoms with Crippen LogP contribution in [0.1, 0.15) is 25.3 Å². The van der Waals surface area contributed by atoms with Gasteiger partial charge in [-0.2, -0.15) is 0 Å². The molecule has 0 aromatic carbocycles. The first kappa shape index (κ1) is 8.75. The fourth-order valence-corrected chi connectivity index (χ4v) is 1.79. The summed E-state index contributed by atoms with van der Waals surface area (Å²) in [6.07, 6.45) is 1.53. The number of nitrogens with zero attached hydrogens (tertiary/aromatic N) is 2. The van der Waals surface area contributed by atoms with Crippen molar-refractivity contribution in [2.24, 2.45) is 5.92 Å². The van der Waals surface area contributed by atoms with Crippen molar-refractivity contribution in [3.05, 3.63) is 17.8 Å². The zero-order valence-electron chi connectivity index (χ0n) is 8.45. The molecule has 0 N–H and O–H groups in total. The summed E-state index contributed by atoms with van der Waals surface area (Å²) < 4.78 is 5.16. The topological polar surface area (TPSA) is 29.3 Å². The van der Waals surface area contributed by atoms with Crippen LogP contribution in [0.25, 0.3) is 0 Å². The largest absolute Gasteiger partial charge is 0.448 e. The summed E-state index contributed by atoms with van der Waals surface area (Å²) in [5.41, 5.74) is 1.08. The van der Waals surface area contributed by atoms with Crippen molar-refractivity contribution < 1.29 is 4.42 Å². The van der Waals surface area contributed by atoms with E-state index >= 15 is 0 Å². The minimum atomic E-state index is 0.691. The van der Waals surface area contributed by atoms with E-state index in [4.69, 9.17) is 4.42 Å². The first-order chi connectivity index (χ1) is 6.18. The second-order valence-electron chi connectivity index (χ2n) is 4.00. The average molecular weight is 180 g/mol. The number of likely N-dealkylation sites (tertiary alicyclic amines) is 1. The summed E-state index contributed by atoms with van der Waals surface area (Å²) in [4.78, 5) is 6.61. The minimum Gasteiger partial charge on any atom is -0.448 e. The Kier molecular flexibility index (Phi) is 2.12. The van der Waals surface area contributed by atoms with Crippen LogP contribution in [0.3, 0.4) is 0 Å². The third-order valence-corrected chi connectivity index (χ3v) is 3.12. The highest BCUT2D eigenvalue weighted by atomic mass is 16.3. The summed E-state index contributed by atoms with van der Waals surface area (Å²) in [5.74, 6) is 1.78. The van der Waals surface area contributed by atoms with E-state index in [0.29, 0.717) is 6.04 Å². The molecule has 1 fully saturated rings. The lowest BCUT2D eigenvalue weighted by molar-refractivity contribution is 0.0292. The molecule has 1 aliphatic rings. The molecule has 2 unspecified atom stereocenters. The van der Waals surface area contributed by atoms with Gasteiger partial charge in [-0.05, 0) is 19.8 Å². The summed E-state index contributed by atoms with van der Waals surface area (Å²) in [6.45, 7) is 8.65. The van der Waals surface area contributed by atoms with Gasteiger partial charge in [-0.1, -0.05) is 6.92 Å². The third-order valence-electron chi connectivity index (χ3n) is 3.12. The number of oxazole rings is 1. The molecule has 13 heavy (non-hydrogen) atoms. The van der Waals surface area contributed by atoms with Gasteiger partial charge in [-0.25, -0.2) is 4.98 Å². The monoisotopic (exact) mass is 180 g/mol. The van der Waals surface area contributed by atoms with Crippen molar-refractivity contribution in [1.82, 2.24) is 9.88 Å². The molecule has 0 spiro atoms. The summed E-state index contributed by atoms with van der Waals surface area (Å²) >= 11 is 0. The Bertz CT molecular complexity index is 295. The Hall–Kier alpha value is -0.830. The number of hydrogen-bond donors (Lipinski definition) is 0. The van der Waals surface area contributed by atoms with Crippen molar-refractivity contribution in [2.75, 3.05) is 6.54 Å². The first-order valence-electron chi connectivity index (χ1n) is 4.81. The van der Waals surface area contributed by atoms with Crippen LogP contribution in [0.4, 0.5) is 0 Å². The molecular weight excluding hydrogens is 164 g/mol. The predicted octanol–water partition coefficient (Wildman–Crippen LogP) is 1.82. The van der Waals surface area contributed by atoms with Crippen LogP contribution in [-0.4, -0.2) is 22.5 Å². The molecule has 0 radical (unpaired) electrons. The van der Waals surface area contributed by atoms with Crippen LogP contribution in [0.2, 0.25) is 0 Å². The lowest BCUT2D eigenvalue weighted by atomic mass is 9.92. The van der Waals surface area contributed by atoms with Gasteiger partial charge >= 0.3 is 0 Å². The Morgan fingerprint density at radius 1 is 1.62 bits per heavy atom. The summed E-state index contributed by atoms with van der Waals surface area (Å²) in [6, 6.07) is 0.691. The molecule has 0 aliphatic carbocycles. The molecule has 2 heterocycles. The molecule has 1 aliphatic heterocycles. The van der Waals surface area contributed by atoms with Gasteiger partial charge in [0.25, 0.3) is 0 Å². The van der Waals surface area contributed by atoms with Crippen LogP contribution in [0.15, 0.2) is 10.8 Å². The van der Waals surface area contributed by atoms with Gasteiger partial charge in [-0.3, -0.25) is 4.90 Å². The minimum absolute atomic E-state index is 0.691. The van der Waals surface area contributed by atoms with Crippen molar-refractivity contribution in [1.29, 1.82) is 0 Å². The predicted molar refractivity (Wildman–Crippen MR) is 50.3 cm³/mol. The highest BCUT2D eigenvalue weighted by Crippen LogP contribution is 2.25. The lowest BCUT2D eigenvalue weighted by Gasteiger charge is -2.44. The molecule has 72 valence electrons. The molecule has 0 bridgehead atoms. The quantitative estimate of drug-likeness (QED) is 0.695. The molecule has 3 nitrogen and oxygen atoms in total. The Balaban J connectivity index is 1.97. The van der Waals surface area contributed by atoms with Gasteiger partial charge < -0.3 is 4.42 Å². The second kappa shape index (κ2) is 3.14. The third kappa shape index (κ3) is 1.48. The Morgan fingerprint density at radius 2 is 2.38 bits per heavy atom. The van der Waals surface area contributed by atoms with E-state index in [1.165, 1.54) is 12.9 Å². The van der Waals surface area contributed by atoms with E-state index in [1.54, 1.807) is 0 Å². The van der Waals surface area contributed by atoms with Gasteiger partial charge in [0.2, 0.25) is 0 Å². The highest BCUT2D eigenvalue weighted by Gasteiger charge is 2.32. The summed E-state index contributed by atoms with van der Waals surface area (Å²) in [5, 5.41) is 0. The van der Waals surface area contributed by atoms with Gasteiger partial charge in [0.1, 0.15) is 5.76 Å². The SMILES string of the molecule is Cc1ocnc1CN1CC(C)C1C. The Labute approximate surface area is 78.8 Å². The molecule has 2 atom stereocenters. The fourth-order valence-electron chi connectivity index (χ4n) is 1.79. The van der Waals surface area contributed by atoms with Crippen LogP contribution < -0.4 is 0 Å². The standard InChI is InChI=1S/C10H16N2O/c1-7-4-12(8(7)2)5-10-9(3)13-6-11-10/h6-8H,4-5H2,1-3H3. The molecule has 1 aromatic heterocycles. The molecule has 1 saturated heterocycles. The van der Waals surface area contributed by atoms with E-state index in [-0.39, 0.29) is 0 Å². The van der Waals surface area contributed by atoms with Crippen molar-refractivity contribution in [3.63, 3.8) is 0 Å². The number of aryl methyl sites for hydroxylation is 1. The van der Waals surface area contributed by atoms with E-state index < -0.39 is 0 Å². The van der Waals surface area contributed by atoms with Gasteiger partial charge in [0.05, 0.1) is 5.69 Å². The molecule has 2 rings (SSSR count). The van der Waals surface area contributed by atoms with Gasteiger partial charge in [0, 0.05) is 19.1 Å². The normalized spacial score (nSPS) is 28.8. The van der Waals surface area contributed by atoms with Gasteiger partial charge in [0.15, 0.2) is 6.39 Å². The van der Waals surface area contributed by atoms with E-state index in [0.717, 1.165) is 23.9 Å². The average Bonchev–Trinajstić information content (AvgIpc) is 2.51. The maximum absolute atomic E-state index is 5.16. The highest BCUT2D eigenvalue weighted by molar-refractivity contribution is 5.06. The smallest absolute Gasteiger partial charge is 0.181 e. The van der Waals surface area contributed by atoms with Crippen molar-refractivity contribution in [2.45, 2.75) is 33.4 Å².